The molecule has 0 amide bonds. The SMILES string of the molecule is Cl.Cl.NCc1nc(CN2CCCN(Cc3ccccc3)c3ccccc32)no1. The molecule has 2 N–H and O–H groups in total. The molecule has 150 valence electrons. The molecule has 0 spiro atoms. The molecule has 2 heterocycles. The van der Waals surface area contributed by atoms with Gasteiger partial charge in [0.15, 0.2) is 5.82 Å². The van der Waals surface area contributed by atoms with Crippen LogP contribution in [0.3, 0.4) is 0 Å². The van der Waals surface area contributed by atoms with Crippen molar-refractivity contribution in [1.29, 1.82) is 0 Å². The number of nitrogens with two attached hydrogens (primary N) is 1. The third kappa shape index (κ3) is 4.95. The van der Waals surface area contributed by atoms with Gasteiger partial charge in [0.1, 0.15) is 0 Å². The van der Waals surface area contributed by atoms with Crippen LogP contribution in [0.25, 0.3) is 0 Å². The maximum atomic E-state index is 5.57. The second-order valence-electron chi connectivity index (χ2n) is 6.48. The Labute approximate surface area is 177 Å². The first-order valence-electron chi connectivity index (χ1n) is 8.98. The van der Waals surface area contributed by atoms with Crippen LogP contribution in [0.2, 0.25) is 0 Å². The van der Waals surface area contributed by atoms with E-state index in [1.807, 2.05) is 0 Å². The first kappa shape index (κ1) is 22.0. The van der Waals surface area contributed by atoms with E-state index in [1.165, 1.54) is 16.9 Å². The molecule has 1 aromatic heterocycles. The second-order valence-corrected chi connectivity index (χ2v) is 6.48. The number of para-hydroxylation sites is 2. The van der Waals surface area contributed by atoms with Crippen molar-refractivity contribution in [2.24, 2.45) is 5.73 Å². The van der Waals surface area contributed by atoms with E-state index in [1.54, 1.807) is 0 Å². The average molecular weight is 422 g/mol. The minimum atomic E-state index is 0. The molecule has 0 saturated carbocycles. The van der Waals surface area contributed by atoms with Crippen LogP contribution in [0.15, 0.2) is 59.1 Å². The number of benzene rings is 2. The van der Waals surface area contributed by atoms with Gasteiger partial charge in [0.05, 0.1) is 24.5 Å². The minimum Gasteiger partial charge on any atom is -0.365 e. The Balaban J connectivity index is 0.00000140. The molecule has 8 heteroatoms. The van der Waals surface area contributed by atoms with Crippen LogP contribution in [-0.2, 0) is 19.6 Å². The monoisotopic (exact) mass is 421 g/mol. The number of anilines is 2. The number of rotatable bonds is 5. The Kier molecular flexibility index (Phi) is 8.11. The molecule has 0 bridgehead atoms. The zero-order valence-electron chi connectivity index (χ0n) is 15.5. The lowest BCUT2D eigenvalue weighted by Crippen LogP contribution is -2.24. The van der Waals surface area contributed by atoms with E-state index >= 15 is 0 Å². The van der Waals surface area contributed by atoms with Crippen molar-refractivity contribution in [3.05, 3.63) is 71.9 Å². The van der Waals surface area contributed by atoms with Gasteiger partial charge in [-0.15, -0.1) is 24.8 Å². The van der Waals surface area contributed by atoms with E-state index in [9.17, 15) is 0 Å². The van der Waals surface area contributed by atoms with Crippen molar-refractivity contribution in [3.63, 3.8) is 0 Å². The van der Waals surface area contributed by atoms with Gasteiger partial charge in [-0.1, -0.05) is 47.6 Å². The summed E-state index contributed by atoms with van der Waals surface area (Å²) in [5.41, 5.74) is 9.35. The number of halogens is 2. The number of nitrogens with zero attached hydrogens (tertiary/aromatic N) is 4. The number of hydrogen-bond acceptors (Lipinski definition) is 6. The first-order chi connectivity index (χ1) is 12.8. The normalized spacial score (nSPS) is 13.2. The van der Waals surface area contributed by atoms with Crippen LogP contribution < -0.4 is 15.5 Å². The van der Waals surface area contributed by atoms with Gasteiger partial charge in [-0.05, 0) is 24.1 Å². The molecular formula is C20H25Cl2N5O. The molecule has 0 fully saturated rings. The highest BCUT2D eigenvalue weighted by Gasteiger charge is 2.21. The van der Waals surface area contributed by atoms with E-state index in [4.69, 9.17) is 10.3 Å². The van der Waals surface area contributed by atoms with Gasteiger partial charge in [0.2, 0.25) is 5.89 Å². The van der Waals surface area contributed by atoms with Gasteiger partial charge in [0, 0.05) is 19.6 Å². The number of fused-ring (bicyclic) bond motifs is 1. The first-order valence-corrected chi connectivity index (χ1v) is 8.98. The van der Waals surface area contributed by atoms with E-state index < -0.39 is 0 Å². The van der Waals surface area contributed by atoms with Gasteiger partial charge >= 0.3 is 0 Å². The van der Waals surface area contributed by atoms with Crippen LogP contribution in [0.5, 0.6) is 0 Å². The van der Waals surface area contributed by atoms with Crippen LogP contribution in [0.4, 0.5) is 11.4 Å². The maximum absolute atomic E-state index is 5.57. The summed E-state index contributed by atoms with van der Waals surface area (Å²) in [6.45, 7) is 3.77. The van der Waals surface area contributed by atoms with Crippen molar-refractivity contribution in [3.8, 4) is 0 Å². The van der Waals surface area contributed by atoms with Gasteiger partial charge < -0.3 is 20.1 Å². The molecule has 0 unspecified atom stereocenters. The fourth-order valence-corrected chi connectivity index (χ4v) is 3.43. The predicted molar refractivity (Wildman–Crippen MR) is 116 cm³/mol. The molecule has 3 aromatic rings. The van der Waals surface area contributed by atoms with Gasteiger partial charge in [-0.3, -0.25) is 0 Å². The summed E-state index contributed by atoms with van der Waals surface area (Å²) >= 11 is 0. The molecule has 0 aliphatic carbocycles. The van der Waals surface area contributed by atoms with Crippen molar-refractivity contribution < 1.29 is 4.52 Å². The summed E-state index contributed by atoms with van der Waals surface area (Å²) in [5.74, 6) is 1.16. The summed E-state index contributed by atoms with van der Waals surface area (Å²) in [7, 11) is 0. The zero-order chi connectivity index (χ0) is 17.8. The molecule has 1 aliphatic heterocycles. The average Bonchev–Trinajstić information content (AvgIpc) is 3.08. The molecule has 1 aliphatic rings. The Morgan fingerprint density at radius 3 is 2.07 bits per heavy atom. The number of aromatic nitrogens is 2. The van der Waals surface area contributed by atoms with Crippen molar-refractivity contribution in [2.75, 3.05) is 22.9 Å². The lowest BCUT2D eigenvalue weighted by Gasteiger charge is -2.27. The molecular weight excluding hydrogens is 397 g/mol. The quantitative estimate of drug-likeness (QED) is 0.675. The fourth-order valence-electron chi connectivity index (χ4n) is 3.43. The molecule has 2 aromatic carbocycles. The van der Waals surface area contributed by atoms with E-state index in [2.05, 4.69) is 74.5 Å². The standard InChI is InChI=1S/C20H23N5O.2ClH/c21-13-20-22-19(23-26-20)15-25-12-6-11-24(14-16-7-2-1-3-8-16)17-9-4-5-10-18(17)25;;/h1-5,7-10H,6,11-15,21H2;2*1H. The van der Waals surface area contributed by atoms with Gasteiger partial charge in [-0.2, -0.15) is 4.98 Å². The largest absolute Gasteiger partial charge is 0.365 e. The summed E-state index contributed by atoms with van der Waals surface area (Å²) in [4.78, 5) is 9.13. The third-order valence-electron chi connectivity index (χ3n) is 4.65. The van der Waals surface area contributed by atoms with E-state index in [0.29, 0.717) is 18.3 Å². The smallest absolute Gasteiger partial charge is 0.240 e. The molecule has 0 saturated heterocycles. The van der Waals surface area contributed by atoms with Crippen molar-refractivity contribution >= 4 is 36.2 Å². The Bertz CT molecular complexity index is 859. The third-order valence-corrected chi connectivity index (χ3v) is 4.65. The Morgan fingerprint density at radius 2 is 1.46 bits per heavy atom. The molecule has 0 radical (unpaired) electrons. The molecule has 4 rings (SSSR count). The number of hydrogen-bond donors (Lipinski definition) is 1. The summed E-state index contributed by atoms with van der Waals surface area (Å²) in [6.07, 6.45) is 1.07. The topological polar surface area (TPSA) is 71.4 Å². The van der Waals surface area contributed by atoms with Gasteiger partial charge in [-0.25, -0.2) is 0 Å². The zero-order valence-corrected chi connectivity index (χ0v) is 17.2. The fraction of sp³-hybridized carbons (Fsp3) is 0.300. The molecule has 0 atom stereocenters. The van der Waals surface area contributed by atoms with Crippen LogP contribution in [0.1, 0.15) is 23.7 Å². The lowest BCUT2D eigenvalue weighted by molar-refractivity contribution is 0.374. The minimum absolute atomic E-state index is 0. The summed E-state index contributed by atoms with van der Waals surface area (Å²) in [5, 5.41) is 4.05. The van der Waals surface area contributed by atoms with Crippen molar-refractivity contribution in [2.45, 2.75) is 26.1 Å². The van der Waals surface area contributed by atoms with E-state index in [0.717, 1.165) is 26.1 Å². The Morgan fingerprint density at radius 1 is 0.857 bits per heavy atom. The molecule has 6 nitrogen and oxygen atoms in total. The molecule has 28 heavy (non-hydrogen) atoms. The van der Waals surface area contributed by atoms with Gasteiger partial charge in [0.25, 0.3) is 0 Å². The summed E-state index contributed by atoms with van der Waals surface area (Å²) in [6, 6.07) is 19.1. The van der Waals surface area contributed by atoms with Crippen molar-refractivity contribution in [1.82, 2.24) is 10.1 Å². The van der Waals surface area contributed by atoms with E-state index in [-0.39, 0.29) is 31.4 Å². The second kappa shape index (κ2) is 10.3. The highest BCUT2D eigenvalue weighted by molar-refractivity contribution is 5.85. The lowest BCUT2D eigenvalue weighted by atomic mass is 10.1. The van der Waals surface area contributed by atoms with Crippen LogP contribution in [0, 0.1) is 0 Å². The van der Waals surface area contributed by atoms with Crippen LogP contribution in [-0.4, -0.2) is 23.2 Å². The van der Waals surface area contributed by atoms with Crippen LogP contribution >= 0.6 is 24.8 Å². The highest BCUT2D eigenvalue weighted by atomic mass is 35.5. The summed E-state index contributed by atoms with van der Waals surface area (Å²) < 4.78 is 5.15. The predicted octanol–water partition coefficient (Wildman–Crippen LogP) is 3.79. The maximum Gasteiger partial charge on any atom is 0.240 e. The Hall–Kier alpha value is -2.28. The highest BCUT2D eigenvalue weighted by Crippen LogP contribution is 2.33.